The Morgan fingerprint density at radius 2 is 2.07 bits per heavy atom. The van der Waals surface area contributed by atoms with Gasteiger partial charge in [-0.05, 0) is 35.0 Å². The lowest BCUT2D eigenvalue weighted by molar-refractivity contribution is 0.409. The molecule has 0 aromatic heterocycles. The third-order valence-electron chi connectivity index (χ3n) is 1.79. The summed E-state index contributed by atoms with van der Waals surface area (Å²) in [5.41, 5.74) is 6.34. The molecule has 80 valence electrons. The molecule has 14 heavy (non-hydrogen) atoms. The van der Waals surface area contributed by atoms with Crippen molar-refractivity contribution < 1.29 is 9.84 Å². The maximum absolute atomic E-state index is 9.61. The third kappa shape index (κ3) is 2.77. The Labute approximate surface area is 97.8 Å². The van der Waals surface area contributed by atoms with Crippen LogP contribution in [0, 0.1) is 0 Å². The Kier molecular flexibility index (Phi) is 5.26. The lowest BCUT2D eigenvalue weighted by Crippen LogP contribution is -2.05. The van der Waals surface area contributed by atoms with Gasteiger partial charge < -0.3 is 15.6 Å². The van der Waals surface area contributed by atoms with E-state index < -0.39 is 0 Å². The second-order valence-corrected chi connectivity index (χ2v) is 3.69. The van der Waals surface area contributed by atoms with Crippen molar-refractivity contribution in [3.63, 3.8) is 0 Å². The minimum Gasteiger partial charge on any atom is -0.506 e. The third-order valence-corrected chi connectivity index (χ3v) is 2.40. The highest BCUT2D eigenvalue weighted by molar-refractivity contribution is 9.10. The number of phenols is 1. The van der Waals surface area contributed by atoms with Crippen LogP contribution in [0.25, 0.3) is 0 Å². The molecule has 0 bridgehead atoms. The van der Waals surface area contributed by atoms with Crippen LogP contribution >= 0.6 is 28.3 Å². The van der Waals surface area contributed by atoms with Gasteiger partial charge >= 0.3 is 0 Å². The Balaban J connectivity index is 0.00000169. The molecule has 1 atom stereocenters. The van der Waals surface area contributed by atoms with E-state index >= 15 is 0 Å². The molecular formula is C9H13BrClNO2. The maximum atomic E-state index is 9.61. The van der Waals surface area contributed by atoms with Crippen LogP contribution in [0.15, 0.2) is 16.6 Å². The molecule has 0 amide bonds. The fraction of sp³-hybridized carbons (Fsp3) is 0.333. The summed E-state index contributed by atoms with van der Waals surface area (Å²) in [5, 5.41) is 9.61. The van der Waals surface area contributed by atoms with Crippen LogP contribution in [-0.4, -0.2) is 12.2 Å². The van der Waals surface area contributed by atoms with Gasteiger partial charge in [0.2, 0.25) is 0 Å². The highest BCUT2D eigenvalue weighted by Gasteiger charge is 2.11. The van der Waals surface area contributed by atoms with Crippen molar-refractivity contribution in [1.29, 1.82) is 0 Å². The molecule has 1 aromatic rings. The van der Waals surface area contributed by atoms with E-state index in [1.54, 1.807) is 26.2 Å². The van der Waals surface area contributed by atoms with Crippen molar-refractivity contribution in [2.45, 2.75) is 13.0 Å². The van der Waals surface area contributed by atoms with E-state index in [1.165, 1.54) is 0 Å². The fourth-order valence-electron chi connectivity index (χ4n) is 1.06. The first-order valence-corrected chi connectivity index (χ1v) is 4.67. The van der Waals surface area contributed by atoms with E-state index in [1.807, 2.05) is 0 Å². The summed E-state index contributed by atoms with van der Waals surface area (Å²) < 4.78 is 5.64. The standard InChI is InChI=1S/C9H12BrNO2.ClH/c1-5(11)7-3-6(13-2)4-8(10)9(7)12;/h3-5,12H,11H2,1-2H3;1H/t5-;/m1./s1. The molecule has 0 heterocycles. The van der Waals surface area contributed by atoms with Gasteiger partial charge in [-0.1, -0.05) is 0 Å². The van der Waals surface area contributed by atoms with Crippen LogP contribution in [0.2, 0.25) is 0 Å². The molecule has 1 rings (SSSR count). The summed E-state index contributed by atoms with van der Waals surface area (Å²) in [6.45, 7) is 1.81. The quantitative estimate of drug-likeness (QED) is 0.876. The monoisotopic (exact) mass is 281 g/mol. The average molecular weight is 283 g/mol. The van der Waals surface area contributed by atoms with Crippen molar-refractivity contribution in [2.24, 2.45) is 5.73 Å². The van der Waals surface area contributed by atoms with E-state index in [4.69, 9.17) is 10.5 Å². The van der Waals surface area contributed by atoms with Crippen molar-refractivity contribution in [3.05, 3.63) is 22.2 Å². The molecule has 0 radical (unpaired) electrons. The second-order valence-electron chi connectivity index (χ2n) is 2.84. The van der Waals surface area contributed by atoms with Crippen LogP contribution in [0.5, 0.6) is 11.5 Å². The van der Waals surface area contributed by atoms with E-state index in [2.05, 4.69) is 15.9 Å². The number of nitrogens with two attached hydrogens (primary N) is 1. The second kappa shape index (κ2) is 5.44. The summed E-state index contributed by atoms with van der Waals surface area (Å²) in [6.07, 6.45) is 0. The molecule has 3 nitrogen and oxygen atoms in total. The number of hydrogen-bond acceptors (Lipinski definition) is 3. The van der Waals surface area contributed by atoms with Crippen molar-refractivity contribution in [3.8, 4) is 11.5 Å². The number of methoxy groups -OCH3 is 1. The Morgan fingerprint density at radius 3 is 2.50 bits per heavy atom. The Bertz CT molecular complexity index is 318. The van der Waals surface area contributed by atoms with Gasteiger partial charge in [0, 0.05) is 11.6 Å². The van der Waals surface area contributed by atoms with Crippen LogP contribution < -0.4 is 10.5 Å². The van der Waals surface area contributed by atoms with Gasteiger partial charge in [0.1, 0.15) is 11.5 Å². The SMILES string of the molecule is COc1cc(Br)c(O)c([C@@H](C)N)c1.Cl. The lowest BCUT2D eigenvalue weighted by Gasteiger charge is -2.11. The van der Waals surface area contributed by atoms with Gasteiger partial charge in [0.15, 0.2) is 0 Å². The molecule has 0 fully saturated rings. The van der Waals surface area contributed by atoms with Gasteiger partial charge in [-0.3, -0.25) is 0 Å². The van der Waals surface area contributed by atoms with Crippen LogP contribution in [0.3, 0.4) is 0 Å². The Morgan fingerprint density at radius 1 is 1.50 bits per heavy atom. The van der Waals surface area contributed by atoms with E-state index in [9.17, 15) is 5.11 Å². The minimum atomic E-state index is -0.216. The number of hydrogen-bond donors (Lipinski definition) is 2. The van der Waals surface area contributed by atoms with Crippen molar-refractivity contribution >= 4 is 28.3 Å². The Hall–Kier alpha value is -0.450. The molecular weight excluding hydrogens is 269 g/mol. The van der Waals surface area contributed by atoms with Gasteiger partial charge in [-0.25, -0.2) is 0 Å². The molecule has 0 aliphatic rings. The number of ether oxygens (including phenoxy) is 1. The van der Waals surface area contributed by atoms with Crippen LogP contribution in [0.4, 0.5) is 0 Å². The van der Waals surface area contributed by atoms with E-state index in [-0.39, 0.29) is 24.2 Å². The van der Waals surface area contributed by atoms with E-state index in [0.717, 1.165) is 0 Å². The summed E-state index contributed by atoms with van der Waals surface area (Å²) in [5.74, 6) is 0.854. The number of rotatable bonds is 2. The molecule has 0 spiro atoms. The highest BCUT2D eigenvalue weighted by Crippen LogP contribution is 2.35. The number of aromatic hydroxyl groups is 1. The van der Waals surface area contributed by atoms with E-state index in [0.29, 0.717) is 15.8 Å². The maximum Gasteiger partial charge on any atom is 0.134 e. The van der Waals surface area contributed by atoms with Crippen LogP contribution in [-0.2, 0) is 0 Å². The number of halogens is 2. The van der Waals surface area contributed by atoms with Gasteiger partial charge in [-0.2, -0.15) is 0 Å². The highest BCUT2D eigenvalue weighted by atomic mass is 79.9. The minimum absolute atomic E-state index is 0. The molecule has 1 aromatic carbocycles. The van der Waals surface area contributed by atoms with Crippen molar-refractivity contribution in [1.82, 2.24) is 0 Å². The van der Waals surface area contributed by atoms with Gasteiger partial charge in [-0.15, -0.1) is 12.4 Å². The van der Waals surface area contributed by atoms with Gasteiger partial charge in [0.05, 0.1) is 11.6 Å². The topological polar surface area (TPSA) is 55.5 Å². The summed E-state index contributed by atoms with van der Waals surface area (Å²) in [4.78, 5) is 0. The summed E-state index contributed by atoms with van der Waals surface area (Å²) >= 11 is 3.22. The number of benzene rings is 1. The molecule has 5 heteroatoms. The molecule has 0 aliphatic heterocycles. The molecule has 0 unspecified atom stereocenters. The number of phenolic OH excluding ortho intramolecular Hbond substituents is 1. The fourth-order valence-corrected chi connectivity index (χ4v) is 1.51. The molecule has 0 saturated carbocycles. The molecule has 0 saturated heterocycles. The summed E-state index contributed by atoms with van der Waals surface area (Å²) in [6, 6.07) is 3.21. The van der Waals surface area contributed by atoms with Crippen molar-refractivity contribution in [2.75, 3.05) is 7.11 Å². The largest absolute Gasteiger partial charge is 0.506 e. The van der Waals surface area contributed by atoms with Crippen LogP contribution in [0.1, 0.15) is 18.5 Å². The zero-order valence-electron chi connectivity index (χ0n) is 7.95. The molecule has 0 aliphatic carbocycles. The first-order valence-electron chi connectivity index (χ1n) is 3.88. The smallest absolute Gasteiger partial charge is 0.134 e. The first-order chi connectivity index (χ1) is 6.06. The average Bonchev–Trinajstić information content (AvgIpc) is 2.09. The normalized spacial score (nSPS) is 11.7. The first kappa shape index (κ1) is 13.5. The zero-order valence-corrected chi connectivity index (χ0v) is 10.4. The molecule has 3 N–H and O–H groups in total. The zero-order chi connectivity index (χ0) is 10.0. The lowest BCUT2D eigenvalue weighted by atomic mass is 10.1. The predicted molar refractivity (Wildman–Crippen MR) is 62.2 cm³/mol. The van der Waals surface area contributed by atoms with Gasteiger partial charge in [0.25, 0.3) is 0 Å². The predicted octanol–water partition coefficient (Wildman–Crippen LogP) is 2.60. The summed E-state index contributed by atoms with van der Waals surface area (Å²) in [7, 11) is 1.57.